The molecule has 1 heterocycles. The Morgan fingerprint density at radius 3 is 2.48 bits per heavy atom. The summed E-state index contributed by atoms with van der Waals surface area (Å²) in [6.07, 6.45) is 2.26. The number of nitrogens with one attached hydrogen (secondary N) is 1. The number of fused-ring (bicyclic) bond motifs is 1. The van der Waals surface area contributed by atoms with Gasteiger partial charge >= 0.3 is 0 Å². The normalized spacial score (nSPS) is 14.2. The minimum atomic E-state index is -0.258. The van der Waals surface area contributed by atoms with Gasteiger partial charge in [-0.1, -0.05) is 34.8 Å². The molecule has 1 N–H and O–H groups in total. The van der Waals surface area contributed by atoms with Crippen LogP contribution in [0.4, 0.5) is 0 Å². The van der Waals surface area contributed by atoms with E-state index in [1.807, 2.05) is 13.0 Å². The molecule has 1 saturated carbocycles. The summed E-state index contributed by atoms with van der Waals surface area (Å²) in [7, 11) is 0. The molecule has 0 radical (unpaired) electrons. The van der Waals surface area contributed by atoms with Gasteiger partial charge in [-0.05, 0) is 73.3 Å². The van der Waals surface area contributed by atoms with Crippen LogP contribution < -0.4 is 5.56 Å². The lowest BCUT2D eigenvalue weighted by Crippen LogP contribution is -2.21. The first-order chi connectivity index (χ1) is 11.9. The lowest BCUT2D eigenvalue weighted by Gasteiger charge is -2.13. The van der Waals surface area contributed by atoms with Crippen LogP contribution in [0.5, 0.6) is 0 Å². The largest absolute Gasteiger partial charge is 0.331 e. The molecule has 1 aliphatic carbocycles. The van der Waals surface area contributed by atoms with Crippen LogP contribution in [0.2, 0.25) is 15.1 Å². The van der Waals surface area contributed by atoms with Crippen LogP contribution in [0, 0.1) is 11.7 Å². The Kier molecular flexibility index (Phi) is 4.19. The zero-order chi connectivity index (χ0) is 17.9. The molecule has 0 bridgehead atoms. The summed E-state index contributed by atoms with van der Waals surface area (Å²) in [5.74, 6) is 0.481. The van der Waals surface area contributed by atoms with Crippen molar-refractivity contribution in [3.05, 3.63) is 65.6 Å². The summed E-state index contributed by atoms with van der Waals surface area (Å²) < 4.78 is 1.67. The fraction of sp³-hybridized carbons (Fsp3) is 0.222. The van der Waals surface area contributed by atoms with Crippen molar-refractivity contribution in [3.8, 4) is 5.69 Å². The second-order valence-electron chi connectivity index (χ2n) is 6.32. The predicted octanol–water partition coefficient (Wildman–Crippen LogP) is 6.19. The van der Waals surface area contributed by atoms with E-state index in [-0.39, 0.29) is 10.3 Å². The minimum Gasteiger partial charge on any atom is -0.331 e. The number of aromatic amines is 1. The number of H-pyrrole nitrogens is 1. The molecule has 0 spiro atoms. The van der Waals surface area contributed by atoms with Crippen LogP contribution in [0.1, 0.15) is 29.9 Å². The maximum Gasteiger partial charge on any atom is 0.266 e. The molecule has 1 aromatic heterocycles. The Hall–Kier alpha value is -1.33. The Morgan fingerprint density at radius 1 is 1.08 bits per heavy atom. The molecule has 0 aliphatic heterocycles. The molecule has 1 aliphatic rings. The van der Waals surface area contributed by atoms with E-state index in [1.54, 1.807) is 18.2 Å². The lowest BCUT2D eigenvalue weighted by atomic mass is 10.1. The number of hydrogen-bond donors (Lipinski definition) is 1. The number of rotatable bonds is 2. The third-order valence-corrected chi connectivity index (χ3v) is 5.82. The number of hydrogen-bond acceptors (Lipinski definition) is 2. The van der Waals surface area contributed by atoms with Gasteiger partial charge in [0.25, 0.3) is 5.56 Å². The maximum atomic E-state index is 13.1. The van der Waals surface area contributed by atoms with Crippen molar-refractivity contribution in [3.63, 3.8) is 0 Å². The van der Waals surface area contributed by atoms with E-state index in [2.05, 4.69) is 4.98 Å². The van der Waals surface area contributed by atoms with Crippen molar-refractivity contribution in [2.75, 3.05) is 0 Å². The van der Waals surface area contributed by atoms with Crippen molar-refractivity contribution >= 4 is 57.9 Å². The molecule has 0 unspecified atom stereocenters. The molecule has 3 nitrogen and oxygen atoms in total. The quantitative estimate of drug-likeness (QED) is 0.510. The van der Waals surface area contributed by atoms with Crippen LogP contribution in [0.3, 0.4) is 0 Å². The van der Waals surface area contributed by atoms with Crippen molar-refractivity contribution in [1.29, 1.82) is 0 Å². The van der Waals surface area contributed by atoms with Gasteiger partial charge in [0, 0.05) is 10.0 Å². The number of halogens is 3. The van der Waals surface area contributed by atoms with Gasteiger partial charge in [0.2, 0.25) is 0 Å². The topological polar surface area (TPSA) is 37.8 Å². The van der Waals surface area contributed by atoms with Gasteiger partial charge in [0.15, 0.2) is 4.77 Å². The fourth-order valence-corrected chi connectivity index (χ4v) is 4.07. The summed E-state index contributed by atoms with van der Waals surface area (Å²) in [5, 5.41) is 1.99. The standard InChI is InChI=1S/C18H13Cl3N2OS/c1-8-4-16(14(21)7-12(8)19)23-17(24)11-5-13(20)10(9-2-3-9)6-15(11)22-18(23)25/h4-7,9H,2-3H2,1H3,(H,22,25). The summed E-state index contributed by atoms with van der Waals surface area (Å²) >= 11 is 24.2. The van der Waals surface area contributed by atoms with Gasteiger partial charge in [-0.3, -0.25) is 9.36 Å². The van der Waals surface area contributed by atoms with E-state index in [9.17, 15) is 4.79 Å². The molecule has 0 saturated heterocycles. The molecular weight excluding hydrogens is 399 g/mol. The first-order valence-electron chi connectivity index (χ1n) is 7.81. The van der Waals surface area contributed by atoms with Gasteiger partial charge in [-0.2, -0.15) is 0 Å². The highest BCUT2D eigenvalue weighted by Crippen LogP contribution is 2.44. The number of aryl methyl sites for hydroxylation is 1. The summed E-state index contributed by atoms with van der Waals surface area (Å²) in [5.41, 5.74) is 2.81. The first kappa shape index (κ1) is 17.1. The van der Waals surface area contributed by atoms with E-state index in [4.69, 9.17) is 47.0 Å². The van der Waals surface area contributed by atoms with E-state index in [0.717, 1.165) is 24.0 Å². The van der Waals surface area contributed by atoms with E-state index in [0.29, 0.717) is 37.6 Å². The molecule has 0 atom stereocenters. The Balaban J connectivity index is 2.03. The average molecular weight is 412 g/mol. The SMILES string of the molecule is Cc1cc(-n2c(=S)[nH]c3cc(C4CC4)c(Cl)cc3c2=O)c(Cl)cc1Cl. The maximum absolute atomic E-state index is 13.1. The third kappa shape index (κ3) is 2.91. The highest BCUT2D eigenvalue weighted by Gasteiger charge is 2.26. The first-order valence-corrected chi connectivity index (χ1v) is 9.35. The molecule has 128 valence electrons. The summed E-state index contributed by atoms with van der Waals surface area (Å²) in [6, 6.07) is 7.01. The third-order valence-electron chi connectivity index (χ3n) is 4.50. The van der Waals surface area contributed by atoms with Crippen molar-refractivity contribution in [2.45, 2.75) is 25.7 Å². The number of aromatic nitrogens is 2. The van der Waals surface area contributed by atoms with Gasteiger partial charge in [0.1, 0.15) is 0 Å². The van der Waals surface area contributed by atoms with Crippen LogP contribution >= 0.6 is 47.0 Å². The van der Waals surface area contributed by atoms with Crippen molar-refractivity contribution in [2.24, 2.45) is 0 Å². The van der Waals surface area contributed by atoms with Gasteiger partial charge < -0.3 is 4.98 Å². The highest BCUT2D eigenvalue weighted by atomic mass is 35.5. The average Bonchev–Trinajstić information content (AvgIpc) is 3.37. The molecule has 3 aromatic rings. The molecule has 2 aromatic carbocycles. The zero-order valence-corrected chi connectivity index (χ0v) is 16.3. The van der Waals surface area contributed by atoms with Crippen LogP contribution in [-0.4, -0.2) is 9.55 Å². The van der Waals surface area contributed by atoms with Gasteiger partial charge in [-0.25, -0.2) is 0 Å². The Morgan fingerprint density at radius 2 is 1.80 bits per heavy atom. The van der Waals surface area contributed by atoms with Crippen molar-refractivity contribution in [1.82, 2.24) is 9.55 Å². The van der Waals surface area contributed by atoms with Crippen LogP contribution in [0.25, 0.3) is 16.6 Å². The Labute approximate surface area is 164 Å². The van der Waals surface area contributed by atoms with E-state index < -0.39 is 0 Å². The van der Waals surface area contributed by atoms with Gasteiger partial charge in [-0.15, -0.1) is 0 Å². The van der Waals surface area contributed by atoms with Crippen LogP contribution in [-0.2, 0) is 0 Å². The number of nitrogens with zero attached hydrogens (tertiary/aromatic N) is 1. The lowest BCUT2D eigenvalue weighted by molar-refractivity contribution is 0.937. The highest BCUT2D eigenvalue weighted by molar-refractivity contribution is 7.71. The molecule has 4 rings (SSSR count). The fourth-order valence-electron chi connectivity index (χ4n) is 2.99. The molecule has 1 fully saturated rings. The molecule has 25 heavy (non-hydrogen) atoms. The van der Waals surface area contributed by atoms with Crippen molar-refractivity contribution < 1.29 is 0 Å². The van der Waals surface area contributed by atoms with Crippen LogP contribution in [0.15, 0.2) is 29.1 Å². The summed E-state index contributed by atoms with van der Waals surface area (Å²) in [6.45, 7) is 1.85. The second-order valence-corrected chi connectivity index (χ2v) is 7.93. The Bertz CT molecular complexity index is 1150. The molecular formula is C18H13Cl3N2OS. The van der Waals surface area contributed by atoms with E-state index in [1.165, 1.54) is 4.57 Å². The number of benzene rings is 2. The zero-order valence-electron chi connectivity index (χ0n) is 13.2. The van der Waals surface area contributed by atoms with E-state index >= 15 is 0 Å². The minimum absolute atomic E-state index is 0.258. The molecule has 7 heteroatoms. The van der Waals surface area contributed by atoms with Gasteiger partial charge in [0.05, 0.1) is 21.6 Å². The second kappa shape index (κ2) is 6.13. The summed E-state index contributed by atoms with van der Waals surface area (Å²) in [4.78, 5) is 16.2. The monoisotopic (exact) mass is 410 g/mol. The predicted molar refractivity (Wildman–Crippen MR) is 106 cm³/mol. The smallest absolute Gasteiger partial charge is 0.266 e. The molecule has 0 amide bonds.